The van der Waals surface area contributed by atoms with E-state index in [2.05, 4.69) is 55.2 Å². The van der Waals surface area contributed by atoms with Gasteiger partial charge in [-0.05, 0) is 47.4 Å². The predicted octanol–water partition coefficient (Wildman–Crippen LogP) is 4.30. The van der Waals surface area contributed by atoms with E-state index in [1.807, 2.05) is 66.9 Å². The lowest BCUT2D eigenvalue weighted by Crippen LogP contribution is -2.39. The van der Waals surface area contributed by atoms with Gasteiger partial charge in [0.25, 0.3) is 0 Å². The molecule has 2 heterocycles. The zero-order valence-corrected chi connectivity index (χ0v) is 23.5. The molecule has 0 aliphatic carbocycles. The number of hydrogen-bond acceptors (Lipinski definition) is 5. The van der Waals surface area contributed by atoms with Crippen molar-refractivity contribution in [2.24, 2.45) is 0 Å². The molecular weight excluding hydrogens is 528 g/mol. The van der Waals surface area contributed by atoms with Gasteiger partial charge in [0.15, 0.2) is 5.82 Å². The van der Waals surface area contributed by atoms with Gasteiger partial charge < -0.3 is 24.9 Å². The smallest absolute Gasteiger partial charge is 0.243 e. The van der Waals surface area contributed by atoms with Gasteiger partial charge in [-0.15, -0.1) is 10.2 Å². The van der Waals surface area contributed by atoms with Crippen molar-refractivity contribution in [1.82, 2.24) is 30.4 Å². The minimum Gasteiger partial charge on any atom is -0.497 e. The standard InChI is InChI=1S/C33H34N6O3/c1-3-31(40)35-21-32(41)36-29(19-25-20-34-28-12-8-7-11-27(25)28)33-38-37-30(18-15-23-9-5-4-6-10-23)39(33)22-24-13-16-26(42-2)17-14-24/h3-14,16-17,20,29,34H,1,15,18-19,21-22H2,2H3,(H,35,40)(H,36,41)/t29-/m1/s1. The number of carbonyl (C=O) groups excluding carboxylic acids is 2. The molecule has 3 aromatic carbocycles. The molecule has 0 saturated heterocycles. The normalized spacial score (nSPS) is 11.6. The van der Waals surface area contributed by atoms with E-state index in [1.165, 1.54) is 5.56 Å². The van der Waals surface area contributed by atoms with Gasteiger partial charge in [0, 0.05) is 29.9 Å². The summed E-state index contributed by atoms with van der Waals surface area (Å²) in [4.78, 5) is 28.1. The van der Waals surface area contributed by atoms with Crippen LogP contribution in [0.25, 0.3) is 10.9 Å². The molecule has 0 aliphatic heterocycles. The van der Waals surface area contributed by atoms with Crippen molar-refractivity contribution in [1.29, 1.82) is 0 Å². The van der Waals surface area contributed by atoms with Gasteiger partial charge in [-0.2, -0.15) is 0 Å². The Kier molecular flexibility index (Phi) is 9.08. The van der Waals surface area contributed by atoms with Crippen LogP contribution in [0, 0.1) is 0 Å². The van der Waals surface area contributed by atoms with Crippen LogP contribution < -0.4 is 15.4 Å². The van der Waals surface area contributed by atoms with Crippen molar-refractivity contribution >= 4 is 22.7 Å². The number of carbonyl (C=O) groups is 2. The molecule has 3 N–H and O–H groups in total. The van der Waals surface area contributed by atoms with E-state index in [0.29, 0.717) is 25.2 Å². The van der Waals surface area contributed by atoms with E-state index in [4.69, 9.17) is 4.74 Å². The molecule has 9 nitrogen and oxygen atoms in total. The van der Waals surface area contributed by atoms with Crippen molar-refractivity contribution in [3.63, 3.8) is 0 Å². The Labute approximate surface area is 244 Å². The third-order valence-electron chi connectivity index (χ3n) is 7.19. The molecule has 0 saturated carbocycles. The molecule has 0 bridgehead atoms. The fraction of sp³-hybridized carbons (Fsp3) is 0.212. The average molecular weight is 563 g/mol. The van der Waals surface area contributed by atoms with Crippen LogP contribution in [0.2, 0.25) is 0 Å². The number of rotatable bonds is 13. The first-order chi connectivity index (χ1) is 20.5. The van der Waals surface area contributed by atoms with Crippen molar-refractivity contribution in [2.75, 3.05) is 13.7 Å². The van der Waals surface area contributed by atoms with E-state index >= 15 is 0 Å². The van der Waals surface area contributed by atoms with E-state index in [9.17, 15) is 9.59 Å². The number of aryl methyl sites for hydroxylation is 2. The third-order valence-corrected chi connectivity index (χ3v) is 7.19. The average Bonchev–Trinajstić information content (AvgIpc) is 3.63. The van der Waals surface area contributed by atoms with Gasteiger partial charge >= 0.3 is 0 Å². The minimum atomic E-state index is -0.506. The Bertz CT molecular complexity index is 1660. The lowest BCUT2D eigenvalue weighted by Gasteiger charge is -2.20. The second-order valence-electron chi connectivity index (χ2n) is 10.00. The van der Waals surface area contributed by atoms with Crippen LogP contribution in [0.4, 0.5) is 0 Å². The Morgan fingerprint density at radius 2 is 1.74 bits per heavy atom. The number of H-pyrrole nitrogens is 1. The summed E-state index contributed by atoms with van der Waals surface area (Å²) in [5.74, 6) is 1.49. The number of ether oxygens (including phenoxy) is 1. The maximum Gasteiger partial charge on any atom is 0.243 e. The van der Waals surface area contributed by atoms with Crippen LogP contribution >= 0.6 is 0 Å². The molecule has 0 aliphatic rings. The highest BCUT2D eigenvalue weighted by Crippen LogP contribution is 2.26. The number of nitrogens with one attached hydrogen (secondary N) is 3. The van der Waals surface area contributed by atoms with Gasteiger partial charge in [0.05, 0.1) is 26.2 Å². The first-order valence-corrected chi connectivity index (χ1v) is 13.9. The zero-order valence-electron chi connectivity index (χ0n) is 23.5. The van der Waals surface area contributed by atoms with Gasteiger partial charge in [-0.1, -0.05) is 67.2 Å². The summed E-state index contributed by atoms with van der Waals surface area (Å²) < 4.78 is 7.44. The third kappa shape index (κ3) is 6.93. The number of fused-ring (bicyclic) bond motifs is 1. The fourth-order valence-electron chi connectivity index (χ4n) is 4.99. The van der Waals surface area contributed by atoms with Crippen LogP contribution in [0.1, 0.15) is 34.4 Å². The quantitative estimate of drug-likeness (QED) is 0.185. The van der Waals surface area contributed by atoms with E-state index < -0.39 is 11.9 Å². The second-order valence-corrected chi connectivity index (χ2v) is 10.00. The molecule has 0 unspecified atom stereocenters. The molecule has 2 aromatic heterocycles. The van der Waals surface area contributed by atoms with Gasteiger partial charge in [-0.25, -0.2) is 0 Å². The highest BCUT2D eigenvalue weighted by molar-refractivity contribution is 5.90. The SMILES string of the molecule is C=CC(=O)NCC(=O)N[C@H](Cc1c[nH]c2ccccc12)c1nnc(CCc2ccccc2)n1Cc1ccc(OC)cc1. The van der Waals surface area contributed by atoms with E-state index in [0.717, 1.165) is 46.1 Å². The molecule has 5 rings (SSSR count). The second kappa shape index (κ2) is 13.5. The summed E-state index contributed by atoms with van der Waals surface area (Å²) in [6.07, 6.45) is 5.06. The van der Waals surface area contributed by atoms with Gasteiger partial charge in [0.1, 0.15) is 11.6 Å². The minimum absolute atomic E-state index is 0.178. The lowest BCUT2D eigenvalue weighted by atomic mass is 10.0. The molecule has 5 aromatic rings. The van der Waals surface area contributed by atoms with Crippen LogP contribution in [-0.2, 0) is 35.4 Å². The van der Waals surface area contributed by atoms with E-state index in [-0.39, 0.29) is 12.5 Å². The van der Waals surface area contributed by atoms with Crippen molar-refractivity contribution < 1.29 is 14.3 Å². The number of hydrogen-bond donors (Lipinski definition) is 3. The molecule has 0 radical (unpaired) electrons. The Morgan fingerprint density at radius 3 is 2.50 bits per heavy atom. The Hall–Kier alpha value is -5.18. The summed E-state index contributed by atoms with van der Waals surface area (Å²) in [7, 11) is 1.64. The highest BCUT2D eigenvalue weighted by atomic mass is 16.5. The van der Waals surface area contributed by atoms with Crippen molar-refractivity contribution in [3.8, 4) is 5.75 Å². The number of methoxy groups -OCH3 is 1. The molecule has 0 spiro atoms. The predicted molar refractivity (Wildman–Crippen MR) is 162 cm³/mol. The molecule has 0 fully saturated rings. The summed E-state index contributed by atoms with van der Waals surface area (Å²) in [5.41, 5.74) is 4.31. The number of nitrogens with zero attached hydrogens (tertiary/aromatic N) is 3. The van der Waals surface area contributed by atoms with Gasteiger partial charge in [-0.3, -0.25) is 9.59 Å². The summed E-state index contributed by atoms with van der Waals surface area (Å²) in [5, 5.41) is 16.0. The van der Waals surface area contributed by atoms with Crippen LogP contribution in [0.5, 0.6) is 5.75 Å². The first kappa shape index (κ1) is 28.4. The number of aromatic amines is 1. The molecule has 9 heteroatoms. The summed E-state index contributed by atoms with van der Waals surface area (Å²) in [6.45, 7) is 3.79. The summed E-state index contributed by atoms with van der Waals surface area (Å²) >= 11 is 0. The highest BCUT2D eigenvalue weighted by Gasteiger charge is 2.25. The Morgan fingerprint density at radius 1 is 0.976 bits per heavy atom. The molecule has 214 valence electrons. The lowest BCUT2D eigenvalue weighted by molar-refractivity contribution is -0.124. The number of amides is 2. The monoisotopic (exact) mass is 562 g/mol. The number of aromatic nitrogens is 4. The first-order valence-electron chi connectivity index (χ1n) is 13.9. The Balaban J connectivity index is 1.50. The van der Waals surface area contributed by atoms with E-state index in [1.54, 1.807) is 7.11 Å². The van der Waals surface area contributed by atoms with Gasteiger partial charge in [0.2, 0.25) is 11.8 Å². The summed E-state index contributed by atoms with van der Waals surface area (Å²) in [6, 6.07) is 25.7. The number of para-hydroxylation sites is 1. The van der Waals surface area contributed by atoms with Crippen LogP contribution in [0.3, 0.4) is 0 Å². The fourth-order valence-corrected chi connectivity index (χ4v) is 4.99. The molecule has 42 heavy (non-hydrogen) atoms. The van der Waals surface area contributed by atoms with Crippen LogP contribution in [-0.4, -0.2) is 45.2 Å². The molecular formula is C33H34N6O3. The molecule has 1 atom stereocenters. The maximum absolute atomic E-state index is 13.1. The zero-order chi connectivity index (χ0) is 29.3. The topological polar surface area (TPSA) is 114 Å². The molecule has 2 amide bonds. The largest absolute Gasteiger partial charge is 0.497 e. The van der Waals surface area contributed by atoms with Crippen LogP contribution in [0.15, 0.2) is 97.7 Å². The van der Waals surface area contributed by atoms with Crippen molar-refractivity contribution in [3.05, 3.63) is 126 Å². The van der Waals surface area contributed by atoms with Crippen molar-refractivity contribution in [2.45, 2.75) is 31.8 Å². The number of benzene rings is 3. The maximum atomic E-state index is 13.1.